The van der Waals surface area contributed by atoms with Gasteiger partial charge in [-0.15, -0.1) is 10.2 Å². The highest BCUT2D eigenvalue weighted by Gasteiger charge is 2.35. The minimum atomic E-state index is -4.55. The molecule has 0 bridgehead atoms. The zero-order valence-electron chi connectivity index (χ0n) is 13.6. The summed E-state index contributed by atoms with van der Waals surface area (Å²) >= 11 is 0. The molecule has 132 valence electrons. The van der Waals surface area contributed by atoms with Crippen LogP contribution in [0.4, 0.5) is 18.9 Å². The summed E-state index contributed by atoms with van der Waals surface area (Å²) in [5.74, 6) is 0.693. The van der Waals surface area contributed by atoms with Gasteiger partial charge in [-0.05, 0) is 37.5 Å². The second-order valence-corrected chi connectivity index (χ2v) is 6.24. The summed E-state index contributed by atoms with van der Waals surface area (Å²) in [5.41, 5.74) is -0.817. The van der Waals surface area contributed by atoms with Gasteiger partial charge < -0.3 is 9.32 Å². The molecule has 0 spiro atoms. The van der Waals surface area contributed by atoms with Crippen LogP contribution in [0.1, 0.15) is 48.6 Å². The fourth-order valence-electron chi connectivity index (χ4n) is 3.39. The van der Waals surface area contributed by atoms with Crippen molar-refractivity contribution in [2.45, 2.75) is 43.8 Å². The summed E-state index contributed by atoms with van der Waals surface area (Å²) in [6.45, 7) is 0. The summed E-state index contributed by atoms with van der Waals surface area (Å²) in [5, 5.41) is 16.6. The van der Waals surface area contributed by atoms with Crippen LogP contribution in [0.2, 0.25) is 0 Å². The van der Waals surface area contributed by atoms with Gasteiger partial charge in [-0.1, -0.05) is 6.42 Å². The Labute approximate surface area is 143 Å². The van der Waals surface area contributed by atoms with Gasteiger partial charge in [0.15, 0.2) is 0 Å². The molecule has 1 aromatic heterocycles. The van der Waals surface area contributed by atoms with Crippen LogP contribution in [0.15, 0.2) is 29.0 Å². The van der Waals surface area contributed by atoms with Crippen LogP contribution >= 0.6 is 0 Å². The van der Waals surface area contributed by atoms with Crippen molar-refractivity contribution in [2.75, 3.05) is 11.9 Å². The second kappa shape index (κ2) is 6.75. The number of nitriles is 1. The zero-order chi connectivity index (χ0) is 18.0. The monoisotopic (exact) mass is 350 g/mol. The number of anilines is 1. The van der Waals surface area contributed by atoms with Crippen molar-refractivity contribution in [3.8, 4) is 6.07 Å². The molecule has 25 heavy (non-hydrogen) atoms. The number of aromatic nitrogens is 2. The van der Waals surface area contributed by atoms with Crippen molar-refractivity contribution in [3.63, 3.8) is 0 Å². The molecule has 0 N–H and O–H groups in total. The average molecular weight is 350 g/mol. The molecule has 1 fully saturated rings. The molecule has 0 amide bonds. The van der Waals surface area contributed by atoms with Gasteiger partial charge in [-0.25, -0.2) is 0 Å². The standard InChI is InChI=1S/C17H17F3N4O/c1-24(13-4-2-3-11(7-13)16-23-22-10-25-16)14-6-5-12(9-21)15(8-14)17(18,19)20/h5-6,8,10-11,13H,2-4,7H2,1H3. The molecule has 0 aliphatic heterocycles. The van der Waals surface area contributed by atoms with Crippen LogP contribution in [0, 0.1) is 11.3 Å². The molecule has 2 aromatic rings. The number of rotatable bonds is 3. The third-order valence-corrected chi connectivity index (χ3v) is 4.76. The van der Waals surface area contributed by atoms with Crippen LogP contribution in [0.5, 0.6) is 0 Å². The Hall–Kier alpha value is -2.56. The normalized spacial score (nSPS) is 20.9. The van der Waals surface area contributed by atoms with Gasteiger partial charge >= 0.3 is 6.18 Å². The Kier molecular flexibility index (Phi) is 4.66. The Morgan fingerprint density at radius 2 is 2.12 bits per heavy atom. The molecule has 1 saturated carbocycles. The van der Waals surface area contributed by atoms with E-state index >= 15 is 0 Å². The van der Waals surface area contributed by atoms with E-state index in [0.29, 0.717) is 11.6 Å². The summed E-state index contributed by atoms with van der Waals surface area (Å²) < 4.78 is 44.8. The third kappa shape index (κ3) is 3.60. The molecule has 5 nitrogen and oxygen atoms in total. The number of hydrogen-bond acceptors (Lipinski definition) is 5. The summed E-state index contributed by atoms with van der Waals surface area (Å²) in [4.78, 5) is 1.85. The average Bonchev–Trinajstić information content (AvgIpc) is 3.14. The van der Waals surface area contributed by atoms with E-state index in [9.17, 15) is 13.2 Å². The van der Waals surface area contributed by atoms with Crippen LogP contribution in [0.25, 0.3) is 0 Å². The molecule has 0 radical (unpaired) electrons. The fraction of sp³-hybridized carbons (Fsp3) is 0.471. The van der Waals surface area contributed by atoms with Gasteiger partial charge in [0.2, 0.25) is 12.3 Å². The van der Waals surface area contributed by atoms with Crippen molar-refractivity contribution >= 4 is 5.69 Å². The van der Waals surface area contributed by atoms with Gasteiger partial charge in [-0.3, -0.25) is 0 Å². The molecule has 1 heterocycles. The van der Waals surface area contributed by atoms with Crippen molar-refractivity contribution in [2.24, 2.45) is 0 Å². The van der Waals surface area contributed by atoms with Crippen molar-refractivity contribution in [3.05, 3.63) is 41.6 Å². The fourth-order valence-corrected chi connectivity index (χ4v) is 3.39. The Morgan fingerprint density at radius 1 is 1.32 bits per heavy atom. The molecule has 2 atom stereocenters. The lowest BCUT2D eigenvalue weighted by Gasteiger charge is -2.36. The smallest absolute Gasteiger partial charge is 0.417 e. The van der Waals surface area contributed by atoms with E-state index in [1.54, 1.807) is 19.2 Å². The van der Waals surface area contributed by atoms with E-state index in [2.05, 4.69) is 10.2 Å². The molecule has 1 aliphatic carbocycles. The molecule has 1 aromatic carbocycles. The van der Waals surface area contributed by atoms with Crippen LogP contribution < -0.4 is 4.90 Å². The van der Waals surface area contributed by atoms with E-state index in [0.717, 1.165) is 31.7 Å². The van der Waals surface area contributed by atoms with Gasteiger partial charge in [0.25, 0.3) is 0 Å². The van der Waals surface area contributed by atoms with E-state index in [4.69, 9.17) is 9.68 Å². The van der Waals surface area contributed by atoms with Gasteiger partial charge in [-0.2, -0.15) is 18.4 Å². The Balaban J connectivity index is 1.83. The molecule has 3 rings (SSSR count). The van der Waals surface area contributed by atoms with Crippen LogP contribution in [-0.4, -0.2) is 23.3 Å². The number of alkyl halides is 3. The predicted molar refractivity (Wildman–Crippen MR) is 83.9 cm³/mol. The number of benzene rings is 1. The lowest BCUT2D eigenvalue weighted by atomic mass is 9.84. The minimum Gasteiger partial charge on any atom is -0.428 e. The van der Waals surface area contributed by atoms with Crippen molar-refractivity contribution in [1.29, 1.82) is 5.26 Å². The number of halogens is 3. The molecular weight excluding hydrogens is 333 g/mol. The SMILES string of the molecule is CN(c1ccc(C#N)c(C(F)(F)F)c1)C1CCCC(c2nnco2)C1. The molecular formula is C17H17F3N4O. The number of nitrogens with zero attached hydrogens (tertiary/aromatic N) is 4. The first kappa shape index (κ1) is 17.3. The first-order chi connectivity index (χ1) is 11.9. The molecule has 1 aliphatic rings. The summed E-state index contributed by atoms with van der Waals surface area (Å²) in [6.07, 6.45) is 0.209. The maximum atomic E-state index is 13.2. The lowest BCUT2D eigenvalue weighted by Crippen LogP contribution is -2.35. The zero-order valence-corrected chi connectivity index (χ0v) is 13.6. The largest absolute Gasteiger partial charge is 0.428 e. The number of hydrogen-bond donors (Lipinski definition) is 0. The van der Waals surface area contributed by atoms with E-state index in [1.807, 2.05) is 4.90 Å². The highest BCUT2D eigenvalue weighted by atomic mass is 19.4. The van der Waals surface area contributed by atoms with Gasteiger partial charge in [0.1, 0.15) is 0 Å². The van der Waals surface area contributed by atoms with E-state index in [-0.39, 0.29) is 17.5 Å². The molecule has 2 unspecified atom stereocenters. The van der Waals surface area contributed by atoms with Crippen molar-refractivity contribution in [1.82, 2.24) is 10.2 Å². The third-order valence-electron chi connectivity index (χ3n) is 4.76. The Morgan fingerprint density at radius 3 is 2.76 bits per heavy atom. The quantitative estimate of drug-likeness (QED) is 0.833. The van der Waals surface area contributed by atoms with Crippen LogP contribution in [-0.2, 0) is 6.18 Å². The maximum absolute atomic E-state index is 13.2. The highest BCUT2D eigenvalue weighted by Crippen LogP contribution is 2.38. The van der Waals surface area contributed by atoms with Gasteiger partial charge in [0, 0.05) is 24.7 Å². The van der Waals surface area contributed by atoms with Crippen LogP contribution in [0.3, 0.4) is 0 Å². The predicted octanol–water partition coefficient (Wildman–Crippen LogP) is 4.12. The topological polar surface area (TPSA) is 66.0 Å². The van der Waals surface area contributed by atoms with Crippen molar-refractivity contribution < 1.29 is 17.6 Å². The lowest BCUT2D eigenvalue weighted by molar-refractivity contribution is -0.137. The van der Waals surface area contributed by atoms with E-state index < -0.39 is 11.7 Å². The minimum absolute atomic E-state index is 0.0691. The summed E-state index contributed by atoms with van der Waals surface area (Å²) in [7, 11) is 1.78. The van der Waals surface area contributed by atoms with E-state index in [1.165, 1.54) is 12.5 Å². The summed E-state index contributed by atoms with van der Waals surface area (Å²) in [6, 6.07) is 5.52. The van der Waals surface area contributed by atoms with Gasteiger partial charge in [0.05, 0.1) is 17.2 Å². The molecule has 8 heteroatoms. The molecule has 0 saturated heterocycles. The second-order valence-electron chi connectivity index (χ2n) is 6.24. The highest BCUT2D eigenvalue weighted by molar-refractivity contribution is 5.55. The first-order valence-electron chi connectivity index (χ1n) is 8.00. The first-order valence-corrected chi connectivity index (χ1v) is 8.00. The Bertz CT molecular complexity index is 767. The maximum Gasteiger partial charge on any atom is 0.417 e.